The zero-order valence-electron chi connectivity index (χ0n) is 55.7. The topological polar surface area (TPSA) is 183 Å². The quantitative estimate of drug-likeness (QED) is 0.142. The number of aromatic nitrogens is 5. The summed E-state index contributed by atoms with van der Waals surface area (Å²) >= 11 is 9.34. The van der Waals surface area contributed by atoms with E-state index in [-0.39, 0.29) is 34.7 Å². The van der Waals surface area contributed by atoms with Gasteiger partial charge in [0.25, 0.3) is 0 Å². The minimum atomic E-state index is -0.305. The number of hydrogen-bond donors (Lipinski definition) is 0. The lowest BCUT2D eigenvalue weighted by Gasteiger charge is -2.12. The number of benzene rings is 5. The van der Waals surface area contributed by atoms with Gasteiger partial charge in [-0.25, -0.2) is 29.3 Å². The van der Waals surface area contributed by atoms with Gasteiger partial charge in [-0.05, 0) is 245 Å². The number of halogens is 3. The number of Topliss-reactive ketones (excluding diaryl/α,β-unsaturated/α-hetero) is 5. The lowest BCUT2D eigenvalue weighted by Crippen LogP contribution is -2.12. The molecular weight excluding hydrogens is 1360 g/mol. The van der Waals surface area contributed by atoms with Crippen molar-refractivity contribution >= 4 is 56.4 Å². The predicted molar refractivity (Wildman–Crippen MR) is 394 cm³/mol. The Bertz CT molecular complexity index is 5020. The highest BCUT2D eigenvalue weighted by molar-refractivity contribution is 9.10. The Labute approximate surface area is 605 Å². The Morgan fingerprint density at radius 1 is 0.353 bits per heavy atom. The van der Waals surface area contributed by atoms with E-state index in [1.807, 2.05) is 121 Å². The molecule has 12 nitrogen and oxygen atoms in total. The summed E-state index contributed by atoms with van der Waals surface area (Å²) in [5.41, 5.74) is 16.1. The molecule has 0 saturated carbocycles. The van der Waals surface area contributed by atoms with Crippen LogP contribution in [0.2, 0.25) is 5.02 Å². The minimum Gasteiger partial charge on any atom is -0.497 e. The Balaban J connectivity index is 0.000000128. The van der Waals surface area contributed by atoms with Crippen LogP contribution in [-0.2, 0) is 32.1 Å². The second kappa shape index (κ2) is 35.2. The van der Waals surface area contributed by atoms with Gasteiger partial charge in [-0.1, -0.05) is 87.5 Å². The maximum absolute atomic E-state index is 13.0. The third-order valence-corrected chi connectivity index (χ3v) is 17.4. The minimum absolute atomic E-state index is 0.156. The molecule has 5 aliphatic rings. The molecule has 102 heavy (non-hydrogen) atoms. The highest BCUT2D eigenvalue weighted by atomic mass is 79.9. The Morgan fingerprint density at radius 3 is 1.00 bits per heavy atom. The van der Waals surface area contributed by atoms with Crippen molar-refractivity contribution in [3.05, 3.63) is 315 Å². The van der Waals surface area contributed by atoms with Gasteiger partial charge >= 0.3 is 0 Å². The van der Waals surface area contributed by atoms with E-state index in [1.54, 1.807) is 55.6 Å². The zero-order chi connectivity index (χ0) is 71.2. The lowest BCUT2D eigenvalue weighted by atomic mass is 9.94. The van der Waals surface area contributed by atoms with Gasteiger partial charge in [0.15, 0.2) is 28.9 Å². The summed E-state index contributed by atoms with van der Waals surface area (Å²) in [5, 5.41) is 9.53. The standard InChI is InChI=1S/C18H12N2O.C18H15NO2.C17H12BrNO.C17H12ClNO.C17H12FNO/c19-12-14-4-1-3-13(11-14)7-8-15-9-10-16-17(20-15)5-2-6-18(16)21;1-21-15-5-2-4-13(12-15)8-9-14-10-11-16-17(19-14)6-3-7-18(16)20;3*18-13-4-1-3-12(11-13)7-8-14-9-10-15-16(19-14)5-2-6-17(15)20/h1,3-4,9-11H,2,5-6H2;2,4-5,10-12H,3,6-7H2,1H3;3*1,3-4,9-11H,2,5-6H2. The third kappa shape index (κ3) is 20.1. The number of carbonyl (C=O) groups is 5. The van der Waals surface area contributed by atoms with Gasteiger partial charge in [0, 0.05) is 97.2 Å². The van der Waals surface area contributed by atoms with E-state index >= 15 is 0 Å². The first kappa shape index (κ1) is 71.3. The van der Waals surface area contributed by atoms with Crippen LogP contribution in [0.1, 0.15) is 206 Å². The van der Waals surface area contributed by atoms with Crippen molar-refractivity contribution in [2.75, 3.05) is 7.11 Å². The molecule has 0 N–H and O–H groups in total. The number of ketones is 5. The number of rotatable bonds is 1. The van der Waals surface area contributed by atoms with E-state index < -0.39 is 0 Å². The fraction of sp³-hybridized carbons (Fsp3) is 0.184. The Kier molecular flexibility index (Phi) is 24.6. The Morgan fingerprint density at radius 2 is 0.657 bits per heavy atom. The number of ether oxygens (including phenoxy) is 1. The van der Waals surface area contributed by atoms with E-state index in [1.165, 1.54) is 12.1 Å². The molecule has 5 aromatic heterocycles. The molecule has 0 fully saturated rings. The van der Waals surface area contributed by atoms with Crippen molar-refractivity contribution < 1.29 is 33.1 Å². The molecule has 0 amide bonds. The van der Waals surface area contributed by atoms with E-state index in [9.17, 15) is 28.4 Å². The summed E-state index contributed by atoms with van der Waals surface area (Å²) in [4.78, 5) is 81.0. The molecule has 0 aliphatic heterocycles. The smallest absolute Gasteiger partial charge is 0.164 e. The molecule has 0 radical (unpaired) electrons. The van der Waals surface area contributed by atoms with Gasteiger partial charge in [0.05, 0.1) is 47.2 Å². The summed E-state index contributed by atoms with van der Waals surface area (Å²) in [6.45, 7) is 0. The fourth-order valence-corrected chi connectivity index (χ4v) is 12.2. The average molecular weight is 1420 g/mol. The van der Waals surface area contributed by atoms with Gasteiger partial charge in [0.2, 0.25) is 0 Å². The fourth-order valence-electron chi connectivity index (χ4n) is 11.6. The normalized spacial score (nSPS) is 13.2. The van der Waals surface area contributed by atoms with E-state index in [0.29, 0.717) is 76.6 Å². The Hall–Kier alpha value is -12.0. The van der Waals surface area contributed by atoms with Gasteiger partial charge < -0.3 is 4.74 Å². The largest absolute Gasteiger partial charge is 0.497 e. The van der Waals surface area contributed by atoms with Crippen LogP contribution in [0.3, 0.4) is 0 Å². The lowest BCUT2D eigenvalue weighted by molar-refractivity contribution is 0.0963. The molecule has 5 aliphatic carbocycles. The van der Waals surface area contributed by atoms with Crippen molar-refractivity contribution in [3.63, 3.8) is 0 Å². The zero-order valence-corrected chi connectivity index (χ0v) is 58.0. The molecule has 10 aromatic rings. The van der Waals surface area contributed by atoms with Crippen LogP contribution in [0.15, 0.2) is 186 Å². The molecule has 0 atom stereocenters. The first-order valence-corrected chi connectivity index (χ1v) is 34.5. The number of carbonyl (C=O) groups excluding carboxylic acids is 5. The summed E-state index contributed by atoms with van der Waals surface area (Å²) in [7, 11) is 1.63. The van der Waals surface area contributed by atoms with Crippen LogP contribution in [-0.4, -0.2) is 60.9 Å². The van der Waals surface area contributed by atoms with Crippen LogP contribution < -0.4 is 4.74 Å². The molecule has 0 saturated heterocycles. The third-order valence-electron chi connectivity index (χ3n) is 16.7. The first-order valence-electron chi connectivity index (χ1n) is 33.4. The maximum Gasteiger partial charge on any atom is 0.164 e. The van der Waals surface area contributed by atoms with Gasteiger partial charge in [0.1, 0.15) is 40.0 Å². The molecule has 5 heterocycles. The summed E-state index contributed by atoms with van der Waals surface area (Å²) in [6.07, 6.45) is 11.7. The summed E-state index contributed by atoms with van der Waals surface area (Å²) in [5.74, 6) is 31.5. The summed E-state index contributed by atoms with van der Waals surface area (Å²) < 4.78 is 19.2. The number of fused-ring (bicyclic) bond motifs is 5. The van der Waals surface area contributed by atoms with Crippen LogP contribution in [0, 0.1) is 76.4 Å². The highest BCUT2D eigenvalue weighted by Gasteiger charge is 2.22. The summed E-state index contributed by atoms with van der Waals surface area (Å²) in [6, 6.07) is 56.3. The van der Waals surface area contributed by atoms with E-state index in [0.717, 1.165) is 153 Å². The first-order chi connectivity index (χ1) is 49.7. The van der Waals surface area contributed by atoms with Crippen molar-refractivity contribution in [3.8, 4) is 71.0 Å². The van der Waals surface area contributed by atoms with E-state index in [2.05, 4.69) is 106 Å². The van der Waals surface area contributed by atoms with Crippen molar-refractivity contribution in [1.29, 1.82) is 5.26 Å². The van der Waals surface area contributed by atoms with Crippen molar-refractivity contribution in [2.24, 2.45) is 0 Å². The van der Waals surface area contributed by atoms with Gasteiger partial charge in [-0.2, -0.15) is 5.26 Å². The molecule has 0 spiro atoms. The second-order valence-corrected chi connectivity index (χ2v) is 25.4. The number of nitriles is 1. The number of methoxy groups -OCH3 is 1. The predicted octanol–water partition coefficient (Wildman–Crippen LogP) is 16.4. The highest BCUT2D eigenvalue weighted by Crippen LogP contribution is 2.25. The van der Waals surface area contributed by atoms with Crippen molar-refractivity contribution in [2.45, 2.75) is 96.3 Å². The molecule has 498 valence electrons. The molecule has 15 rings (SSSR count). The van der Waals surface area contributed by atoms with Crippen LogP contribution in [0.5, 0.6) is 5.75 Å². The molecule has 15 heteroatoms. The number of pyridine rings is 5. The monoisotopic (exact) mass is 1420 g/mol. The molecular formula is C87H63BrClFN6O6. The second-order valence-electron chi connectivity index (χ2n) is 24.0. The number of hydrogen-bond acceptors (Lipinski definition) is 12. The average Bonchev–Trinajstić information content (AvgIpc) is 0.858. The van der Waals surface area contributed by atoms with Gasteiger partial charge in [-0.3, -0.25) is 24.0 Å². The van der Waals surface area contributed by atoms with Crippen LogP contribution in [0.4, 0.5) is 4.39 Å². The van der Waals surface area contributed by atoms with E-state index in [4.69, 9.17) is 21.6 Å². The molecule has 5 aromatic carbocycles. The van der Waals surface area contributed by atoms with Crippen molar-refractivity contribution in [1.82, 2.24) is 24.9 Å². The van der Waals surface area contributed by atoms with Crippen LogP contribution >= 0.6 is 27.5 Å². The van der Waals surface area contributed by atoms with Crippen LogP contribution in [0.25, 0.3) is 0 Å². The maximum atomic E-state index is 13.0. The number of nitrogens with zero attached hydrogens (tertiary/aromatic N) is 6. The molecule has 0 bridgehead atoms. The van der Waals surface area contributed by atoms with Gasteiger partial charge in [-0.15, -0.1) is 0 Å². The SMILES string of the molecule is COc1cccc(C#Cc2ccc3c(n2)CCCC3=O)c1.N#Cc1cccc(C#Cc2ccc3c(n2)CCCC3=O)c1.O=C1CCCc2nc(C#Cc3cccc(Br)c3)ccc21.O=C1CCCc2nc(C#Cc3cccc(Cl)c3)ccc21.O=C1CCCc2nc(C#Cc3cccc(F)c3)ccc21. The number of aryl methyl sites for hydroxylation is 5. The molecule has 0 unspecified atom stereocenters.